The van der Waals surface area contributed by atoms with Crippen LogP contribution in [0, 0.1) is 16.0 Å². The standard InChI is InChI=1S/C28H37N9O12/c29-27(30)31-7-1-2-16-23(41)32-12-21(38)33-19(11-22(39)40)25(43)35-17-9-14(26(44)45)10-20(17)49-28(46)36-18(24(42)34-16)8-13-3-5-15(6-4-13)37(47)48/h3-6,14,16-20H,1-2,7-12H2,(H,32,41)(H,33,38)(H,34,42)(H,35,43)(H,36,46)(H,39,40)(H,44,45)(H4,29,30,31)/t14-,16+,17-,18+,19+,20+/m1/s1. The molecule has 1 saturated heterocycles. The molecule has 2 fully saturated rings. The van der Waals surface area contributed by atoms with E-state index in [1.54, 1.807) is 0 Å². The highest BCUT2D eigenvalue weighted by molar-refractivity contribution is 5.95. The largest absolute Gasteiger partial charge is 0.481 e. The highest BCUT2D eigenvalue weighted by Gasteiger charge is 2.42. The van der Waals surface area contributed by atoms with E-state index in [9.17, 15) is 53.9 Å². The van der Waals surface area contributed by atoms with Crippen LogP contribution in [0.25, 0.3) is 0 Å². The molecule has 6 atom stereocenters. The number of amides is 5. The third kappa shape index (κ3) is 11.6. The molecule has 1 aromatic carbocycles. The summed E-state index contributed by atoms with van der Waals surface area (Å²) < 4.78 is 5.46. The Morgan fingerprint density at radius 1 is 0.918 bits per heavy atom. The third-order valence-corrected chi connectivity index (χ3v) is 7.67. The maximum Gasteiger partial charge on any atom is 0.408 e. The summed E-state index contributed by atoms with van der Waals surface area (Å²) in [5.41, 5.74) is 10.8. The molecule has 11 N–H and O–H groups in total. The lowest BCUT2D eigenvalue weighted by molar-refractivity contribution is -0.384. The highest BCUT2D eigenvalue weighted by atomic mass is 16.6. The number of nitrogens with two attached hydrogens (primary N) is 2. The van der Waals surface area contributed by atoms with E-state index in [0.29, 0.717) is 5.56 Å². The number of aliphatic imine (C=N–C) groups is 1. The van der Waals surface area contributed by atoms with Crippen LogP contribution in [0.5, 0.6) is 0 Å². The van der Waals surface area contributed by atoms with Crippen molar-refractivity contribution in [2.24, 2.45) is 22.4 Å². The topological polar surface area (TPSA) is 337 Å². The van der Waals surface area contributed by atoms with E-state index in [2.05, 4.69) is 31.6 Å². The minimum Gasteiger partial charge on any atom is -0.481 e. The van der Waals surface area contributed by atoms with Crippen molar-refractivity contribution in [2.75, 3.05) is 13.1 Å². The Morgan fingerprint density at radius 2 is 1.59 bits per heavy atom. The zero-order chi connectivity index (χ0) is 36.2. The van der Waals surface area contributed by atoms with Crippen molar-refractivity contribution in [3.63, 3.8) is 0 Å². The minimum atomic E-state index is -1.66. The number of ether oxygens (including phenoxy) is 1. The summed E-state index contributed by atoms with van der Waals surface area (Å²) in [5, 5.41) is 41.9. The van der Waals surface area contributed by atoms with Gasteiger partial charge in [-0.2, -0.15) is 0 Å². The molecule has 0 unspecified atom stereocenters. The second-order valence-corrected chi connectivity index (χ2v) is 11.3. The second kappa shape index (κ2) is 17.2. The lowest BCUT2D eigenvalue weighted by Crippen LogP contribution is -2.55. The molecule has 0 spiro atoms. The fraction of sp³-hybridized carbons (Fsp3) is 0.500. The normalized spacial score (nSPS) is 25.1. The summed E-state index contributed by atoms with van der Waals surface area (Å²) in [6.07, 6.45) is -3.93. The maximum absolute atomic E-state index is 13.6. The second-order valence-electron chi connectivity index (χ2n) is 11.3. The number of carboxylic acid groups (broad SMARTS) is 2. The summed E-state index contributed by atoms with van der Waals surface area (Å²) >= 11 is 0. The number of carbonyl (C=O) groups excluding carboxylic acids is 5. The fourth-order valence-corrected chi connectivity index (χ4v) is 5.24. The van der Waals surface area contributed by atoms with Gasteiger partial charge in [-0.3, -0.25) is 43.9 Å². The number of rotatable bonds is 10. The number of guanidine groups is 1. The third-order valence-electron chi connectivity index (χ3n) is 7.67. The van der Waals surface area contributed by atoms with Crippen molar-refractivity contribution >= 4 is 53.3 Å². The van der Waals surface area contributed by atoms with Gasteiger partial charge < -0.3 is 53.0 Å². The molecule has 1 saturated carbocycles. The molecule has 1 aromatic rings. The van der Waals surface area contributed by atoms with Crippen LogP contribution < -0.4 is 38.1 Å². The highest BCUT2D eigenvalue weighted by Crippen LogP contribution is 2.29. The van der Waals surface area contributed by atoms with Gasteiger partial charge in [-0.25, -0.2) is 4.79 Å². The first kappa shape index (κ1) is 37.4. The zero-order valence-electron chi connectivity index (χ0n) is 26.0. The maximum atomic E-state index is 13.6. The smallest absolute Gasteiger partial charge is 0.408 e. The van der Waals surface area contributed by atoms with Crippen LogP contribution in [0.2, 0.25) is 0 Å². The van der Waals surface area contributed by atoms with E-state index < -0.39 is 95.7 Å². The molecule has 266 valence electrons. The molecule has 21 nitrogen and oxygen atoms in total. The van der Waals surface area contributed by atoms with E-state index in [-0.39, 0.29) is 50.3 Å². The van der Waals surface area contributed by atoms with E-state index in [4.69, 9.17) is 16.2 Å². The molecule has 5 amide bonds. The van der Waals surface area contributed by atoms with Crippen molar-refractivity contribution in [3.05, 3.63) is 39.9 Å². The number of nitrogens with zero attached hydrogens (tertiary/aromatic N) is 2. The Balaban J connectivity index is 1.97. The predicted molar refractivity (Wildman–Crippen MR) is 165 cm³/mol. The number of nitro groups is 1. The van der Waals surface area contributed by atoms with Crippen molar-refractivity contribution in [1.29, 1.82) is 0 Å². The quantitative estimate of drug-likeness (QED) is 0.0394. The number of fused-ring (bicyclic) bond motifs is 1. The van der Waals surface area contributed by atoms with Gasteiger partial charge in [0.05, 0.1) is 29.8 Å². The lowest BCUT2D eigenvalue weighted by Gasteiger charge is -2.25. The van der Waals surface area contributed by atoms with E-state index in [1.807, 2.05) is 0 Å². The van der Waals surface area contributed by atoms with Crippen molar-refractivity contribution in [1.82, 2.24) is 26.6 Å². The molecule has 49 heavy (non-hydrogen) atoms. The van der Waals surface area contributed by atoms with Crippen LogP contribution >= 0.6 is 0 Å². The number of hydrogen-bond acceptors (Lipinski definition) is 11. The summed E-state index contributed by atoms with van der Waals surface area (Å²) in [7, 11) is 0. The van der Waals surface area contributed by atoms with E-state index in [1.165, 1.54) is 24.3 Å². The fourth-order valence-electron chi connectivity index (χ4n) is 5.24. The van der Waals surface area contributed by atoms with Gasteiger partial charge in [0.25, 0.3) is 5.69 Å². The molecule has 1 heterocycles. The van der Waals surface area contributed by atoms with E-state index >= 15 is 0 Å². The van der Waals surface area contributed by atoms with Gasteiger partial charge in [0.2, 0.25) is 23.6 Å². The molecule has 3 rings (SSSR count). The monoisotopic (exact) mass is 691 g/mol. The molecule has 2 aliphatic rings. The van der Waals surface area contributed by atoms with Gasteiger partial charge in [-0.15, -0.1) is 0 Å². The molecular weight excluding hydrogens is 654 g/mol. The van der Waals surface area contributed by atoms with Crippen molar-refractivity contribution in [2.45, 2.75) is 68.8 Å². The van der Waals surface area contributed by atoms with Gasteiger partial charge in [-0.05, 0) is 31.2 Å². The van der Waals surface area contributed by atoms with Crippen LogP contribution in [-0.4, -0.2) is 106 Å². The Hall–Kier alpha value is -6.02. The minimum absolute atomic E-state index is 0.0605. The van der Waals surface area contributed by atoms with Crippen molar-refractivity contribution < 1.29 is 53.4 Å². The summed E-state index contributed by atoms with van der Waals surface area (Å²) in [5.74, 6) is -7.73. The van der Waals surface area contributed by atoms with Gasteiger partial charge in [0, 0.05) is 25.1 Å². The Kier molecular flexibility index (Phi) is 13.2. The molecule has 0 aromatic heterocycles. The van der Waals surface area contributed by atoms with Crippen molar-refractivity contribution in [3.8, 4) is 0 Å². The Bertz CT molecular complexity index is 1480. The lowest BCUT2D eigenvalue weighted by atomic mass is 10.0. The van der Waals surface area contributed by atoms with Crippen LogP contribution in [0.1, 0.15) is 37.7 Å². The number of benzene rings is 1. The molecule has 1 aliphatic carbocycles. The number of non-ortho nitro benzene ring substituents is 1. The predicted octanol–water partition coefficient (Wildman–Crippen LogP) is -2.79. The average molecular weight is 692 g/mol. The number of carboxylic acids is 2. The molecular formula is C28H37N9O12. The molecule has 0 radical (unpaired) electrons. The van der Waals surface area contributed by atoms with Crippen LogP contribution in [0.4, 0.5) is 10.5 Å². The summed E-state index contributed by atoms with van der Waals surface area (Å²) in [6.45, 7) is -0.674. The number of nitrogens with one attached hydrogen (secondary N) is 5. The van der Waals surface area contributed by atoms with Gasteiger partial charge in [0.15, 0.2) is 5.96 Å². The molecule has 1 aliphatic heterocycles. The first-order valence-corrected chi connectivity index (χ1v) is 15.0. The summed E-state index contributed by atoms with van der Waals surface area (Å²) in [4.78, 5) is 103. The average Bonchev–Trinajstić information content (AvgIpc) is 3.42. The number of aliphatic carboxylic acids is 2. The SMILES string of the molecule is NC(N)=NCCC[C@@H]1NC(=O)[C@H](Cc2ccc([N+](=O)[O-])cc2)NC(=O)O[C@H]2C[C@H](C(=O)O)C[C@H]2NC(=O)[C@H](CC(=O)O)NC(=O)CNC1=O. The molecule has 21 heteroatoms. The number of nitro benzene ring substituents is 1. The molecule has 0 bridgehead atoms. The Labute approximate surface area is 277 Å². The summed E-state index contributed by atoms with van der Waals surface area (Å²) in [6, 6.07) is -0.480. The van der Waals surface area contributed by atoms with Gasteiger partial charge in [-0.1, -0.05) is 12.1 Å². The number of carbonyl (C=O) groups is 7. The van der Waals surface area contributed by atoms with Crippen LogP contribution in [0.15, 0.2) is 29.3 Å². The number of hydrogen-bond donors (Lipinski definition) is 9. The Morgan fingerprint density at radius 3 is 2.20 bits per heavy atom. The van der Waals surface area contributed by atoms with Gasteiger partial charge >= 0.3 is 18.0 Å². The number of alkyl carbamates (subject to hydrolysis) is 1. The first-order valence-electron chi connectivity index (χ1n) is 15.0. The zero-order valence-corrected chi connectivity index (χ0v) is 26.0. The first-order chi connectivity index (χ1) is 23.1. The van der Waals surface area contributed by atoms with Crippen LogP contribution in [-0.2, 0) is 39.9 Å². The van der Waals surface area contributed by atoms with Gasteiger partial charge in [0.1, 0.15) is 24.2 Å². The van der Waals surface area contributed by atoms with Crippen LogP contribution in [0.3, 0.4) is 0 Å². The van der Waals surface area contributed by atoms with E-state index in [0.717, 1.165) is 0 Å².